The number of rotatable bonds is 8. The molecule has 0 heterocycles. The molecule has 4 aromatic carbocycles. The summed E-state index contributed by atoms with van der Waals surface area (Å²) in [6, 6.07) is 17.7. The van der Waals surface area contributed by atoms with Crippen molar-refractivity contribution >= 4 is 70.5 Å². The van der Waals surface area contributed by atoms with Gasteiger partial charge in [-0.15, -0.1) is 40.6 Å². The highest BCUT2D eigenvalue weighted by Crippen LogP contribution is 2.41. The lowest BCUT2D eigenvalue weighted by Crippen LogP contribution is -1.97. The van der Waals surface area contributed by atoms with E-state index in [1.165, 1.54) is 44.6 Å². The molecule has 0 atom stereocenters. The minimum Gasteiger partial charge on any atom is -0.494 e. The van der Waals surface area contributed by atoms with Gasteiger partial charge in [-0.3, -0.25) is 4.55 Å². The van der Waals surface area contributed by atoms with E-state index < -0.39 is 42.8 Å². The van der Waals surface area contributed by atoms with Crippen molar-refractivity contribution in [2.24, 2.45) is 20.5 Å². The molecule has 0 aliphatic carbocycles. The van der Waals surface area contributed by atoms with E-state index in [9.17, 15) is 18.1 Å². The van der Waals surface area contributed by atoms with Gasteiger partial charge in [-0.1, -0.05) is 36.4 Å². The van der Waals surface area contributed by atoms with Crippen LogP contribution in [-0.4, -0.2) is 57.6 Å². The van der Waals surface area contributed by atoms with Crippen LogP contribution >= 0.6 is 0 Å². The summed E-state index contributed by atoms with van der Waals surface area (Å²) in [5.74, 6) is 0.737. The first-order valence-corrected chi connectivity index (χ1v) is 15.3. The molecule has 0 bridgehead atoms. The smallest absolute Gasteiger partial charge is 0.425 e. The van der Waals surface area contributed by atoms with Gasteiger partial charge in [-0.05, 0) is 18.2 Å². The van der Waals surface area contributed by atoms with Crippen molar-refractivity contribution in [2.45, 2.75) is 11.5 Å². The van der Waals surface area contributed by atoms with E-state index in [1.54, 1.807) is 12.1 Å². The molecule has 0 aromatic heterocycles. The van der Waals surface area contributed by atoms with Crippen molar-refractivity contribution in [3.63, 3.8) is 0 Å². The fourth-order valence-electron chi connectivity index (χ4n) is 3.64. The fourth-order valence-corrected chi connectivity index (χ4v) is 4.26. The Balaban J connectivity index is 0.000000789. The lowest BCUT2D eigenvalue weighted by atomic mass is 10.1. The highest BCUT2D eigenvalue weighted by Gasteiger charge is 2.16. The summed E-state index contributed by atoms with van der Waals surface area (Å²) in [5.41, 5.74) is 7.99. The maximum Gasteiger partial charge on any atom is 0.425 e. The number of nitrogens with zero attached hydrogens (tertiary/aromatic N) is 4. The SMILES string of the molecule is COc1cc(N=Nc2ccccc2S(=O)(=O)O)c(CO)cc1N=Nc1cc(OC)c(N)c2ccccc12.O=S(=O)=O.O=S(=O)=O. The number of benzene rings is 4. The van der Waals surface area contributed by atoms with Crippen LogP contribution in [0.4, 0.5) is 28.4 Å². The lowest BCUT2D eigenvalue weighted by molar-refractivity contribution is 0.282. The summed E-state index contributed by atoms with van der Waals surface area (Å²) in [4.78, 5) is -0.396. The number of nitrogen functional groups attached to an aromatic ring is 1. The van der Waals surface area contributed by atoms with Crippen molar-refractivity contribution in [3.8, 4) is 11.5 Å². The molecule has 238 valence electrons. The number of methoxy groups -OCH3 is 2. The minimum absolute atomic E-state index is 0.0687. The quantitative estimate of drug-likeness (QED) is 0.135. The first-order chi connectivity index (χ1) is 21.2. The van der Waals surface area contributed by atoms with Crippen LogP contribution in [0.1, 0.15) is 5.56 Å². The molecule has 4 N–H and O–H groups in total. The van der Waals surface area contributed by atoms with Crippen molar-refractivity contribution < 1.29 is 52.8 Å². The Bertz CT molecular complexity index is 2050. The third-order valence-corrected chi connectivity index (χ3v) is 6.37. The third kappa shape index (κ3) is 10.5. The van der Waals surface area contributed by atoms with Crippen molar-refractivity contribution in [2.75, 3.05) is 20.0 Å². The maximum absolute atomic E-state index is 11.6. The molecule has 0 aliphatic heterocycles. The van der Waals surface area contributed by atoms with Crippen LogP contribution in [0, 0.1) is 0 Å². The zero-order chi connectivity index (χ0) is 33.7. The van der Waals surface area contributed by atoms with E-state index in [1.807, 2.05) is 24.3 Å². The van der Waals surface area contributed by atoms with Crippen LogP contribution in [0.2, 0.25) is 0 Å². The largest absolute Gasteiger partial charge is 0.494 e. The summed E-state index contributed by atoms with van der Waals surface area (Å²) in [6.45, 7) is -0.417. The zero-order valence-electron chi connectivity index (χ0n) is 23.1. The predicted octanol–water partition coefficient (Wildman–Crippen LogP) is 4.00. The zero-order valence-corrected chi connectivity index (χ0v) is 25.6. The average molecular weight is 682 g/mol. The maximum atomic E-state index is 11.6. The lowest BCUT2D eigenvalue weighted by Gasteiger charge is -2.11. The van der Waals surface area contributed by atoms with Crippen LogP contribution in [0.5, 0.6) is 11.5 Å². The Kier molecular flexibility index (Phi) is 13.3. The van der Waals surface area contributed by atoms with Crippen molar-refractivity contribution in [1.82, 2.24) is 0 Å². The highest BCUT2D eigenvalue weighted by atomic mass is 32.2. The molecule has 0 amide bonds. The molecule has 0 fully saturated rings. The summed E-state index contributed by atoms with van der Waals surface area (Å²) >= 11 is 0. The van der Waals surface area contributed by atoms with Gasteiger partial charge < -0.3 is 20.3 Å². The Morgan fingerprint density at radius 3 is 1.71 bits per heavy atom. The normalized spacial score (nSPS) is 10.9. The van der Waals surface area contributed by atoms with Crippen LogP contribution in [0.15, 0.2) is 92.1 Å². The van der Waals surface area contributed by atoms with Gasteiger partial charge in [0.15, 0.2) is 0 Å². The van der Waals surface area contributed by atoms with Crippen molar-refractivity contribution in [1.29, 1.82) is 0 Å². The Morgan fingerprint density at radius 1 is 0.689 bits per heavy atom. The number of azo groups is 2. The van der Waals surface area contributed by atoms with Gasteiger partial charge in [0, 0.05) is 28.5 Å². The first kappa shape index (κ1) is 36.0. The Morgan fingerprint density at radius 2 is 1.16 bits per heavy atom. The van der Waals surface area contributed by atoms with Crippen LogP contribution in [0.25, 0.3) is 10.8 Å². The summed E-state index contributed by atoms with van der Waals surface area (Å²) < 4.78 is 94.1. The topological polar surface area (TPSA) is 271 Å². The molecule has 0 spiro atoms. The summed E-state index contributed by atoms with van der Waals surface area (Å²) in [5, 5.41) is 28.2. The van der Waals surface area contributed by atoms with E-state index in [4.69, 9.17) is 40.5 Å². The van der Waals surface area contributed by atoms with E-state index in [0.29, 0.717) is 28.4 Å². The summed E-state index contributed by atoms with van der Waals surface area (Å²) in [7, 11) is -7.78. The molecule has 4 aromatic rings. The Labute approximate surface area is 258 Å². The molecular formula is C25H23N5O12S3. The van der Waals surface area contributed by atoms with E-state index in [0.717, 1.165) is 10.8 Å². The molecule has 0 saturated heterocycles. The second-order valence-corrected chi connectivity index (χ2v) is 10.3. The molecule has 0 unspecified atom stereocenters. The van der Waals surface area contributed by atoms with Crippen LogP contribution < -0.4 is 15.2 Å². The monoisotopic (exact) mass is 681 g/mol. The van der Waals surface area contributed by atoms with Gasteiger partial charge in [0.1, 0.15) is 27.8 Å². The number of aliphatic hydroxyl groups is 1. The van der Waals surface area contributed by atoms with Gasteiger partial charge in [-0.25, -0.2) is 0 Å². The number of hydrogen-bond acceptors (Lipinski definition) is 16. The minimum atomic E-state index is -4.50. The van der Waals surface area contributed by atoms with Gasteiger partial charge in [-0.2, -0.15) is 13.5 Å². The van der Waals surface area contributed by atoms with Crippen LogP contribution in [-0.2, 0) is 37.9 Å². The van der Waals surface area contributed by atoms with Gasteiger partial charge >= 0.3 is 21.2 Å². The predicted molar refractivity (Wildman–Crippen MR) is 158 cm³/mol. The van der Waals surface area contributed by atoms with Crippen LogP contribution in [0.3, 0.4) is 0 Å². The average Bonchev–Trinajstić information content (AvgIpc) is 2.98. The molecule has 0 saturated carbocycles. The molecule has 20 heteroatoms. The molecular weight excluding hydrogens is 658 g/mol. The van der Waals surface area contributed by atoms with E-state index in [2.05, 4.69) is 20.5 Å². The van der Waals surface area contributed by atoms with Gasteiger partial charge in [0.2, 0.25) is 0 Å². The Hall–Kier alpha value is -5.15. The highest BCUT2D eigenvalue weighted by molar-refractivity contribution is 7.86. The first-order valence-electron chi connectivity index (χ1n) is 11.8. The fraction of sp³-hybridized carbons (Fsp3) is 0.120. The standard InChI is InChI=1S/C25H23N5O6S.2O3S/c1-35-22-12-19(28-27-18-9-5-6-10-24(18)37(32,33)34)15(14-31)11-21(22)30-29-20-13-23(36-2)25(26)17-8-4-3-7-16(17)20;2*1-4(2)3/h3-13,31H,14,26H2,1-2H3,(H,32,33,34);;. The molecule has 0 aliphatic rings. The number of ether oxygens (including phenoxy) is 2. The number of fused-ring (bicyclic) bond motifs is 1. The molecule has 4 rings (SSSR count). The van der Waals surface area contributed by atoms with Gasteiger partial charge in [0.25, 0.3) is 10.1 Å². The van der Waals surface area contributed by atoms with Crippen molar-refractivity contribution in [3.05, 3.63) is 72.3 Å². The summed E-state index contributed by atoms with van der Waals surface area (Å²) in [6.07, 6.45) is 0. The second-order valence-electron chi connectivity index (χ2n) is 8.12. The number of anilines is 1. The molecule has 45 heavy (non-hydrogen) atoms. The third-order valence-electron chi connectivity index (χ3n) is 5.47. The second kappa shape index (κ2) is 16.6. The number of aliphatic hydroxyl groups excluding tert-OH is 1. The molecule has 0 radical (unpaired) electrons. The molecule has 17 nitrogen and oxygen atoms in total. The number of hydrogen-bond donors (Lipinski definition) is 3. The van der Waals surface area contributed by atoms with E-state index >= 15 is 0 Å². The van der Waals surface area contributed by atoms with E-state index in [-0.39, 0.29) is 17.1 Å². The number of nitrogens with two attached hydrogens (primary N) is 1. The van der Waals surface area contributed by atoms with Gasteiger partial charge in [0.05, 0.1) is 37.9 Å².